The molecule has 0 aliphatic carbocycles. The Balaban J connectivity index is 1.38. The van der Waals surface area contributed by atoms with Gasteiger partial charge in [-0.2, -0.15) is 5.10 Å². The lowest BCUT2D eigenvalue weighted by Crippen LogP contribution is -2.27. The van der Waals surface area contributed by atoms with Gasteiger partial charge in [0.1, 0.15) is 29.0 Å². The number of methoxy groups -OCH3 is 1. The van der Waals surface area contributed by atoms with Crippen LogP contribution in [0.5, 0.6) is 5.75 Å². The van der Waals surface area contributed by atoms with Crippen LogP contribution in [-0.4, -0.2) is 49.4 Å². The maximum absolute atomic E-state index is 13.2. The molecule has 37 heavy (non-hydrogen) atoms. The van der Waals surface area contributed by atoms with Crippen LogP contribution in [0.3, 0.4) is 0 Å². The number of nitrogens with one attached hydrogen (secondary N) is 1. The van der Waals surface area contributed by atoms with Gasteiger partial charge in [0.25, 0.3) is 0 Å². The number of amides is 1. The predicted molar refractivity (Wildman–Crippen MR) is 140 cm³/mol. The first-order chi connectivity index (χ1) is 18.0. The molecule has 1 atom stereocenters. The average molecular weight is 495 g/mol. The second-order valence-electron chi connectivity index (χ2n) is 9.15. The van der Waals surface area contributed by atoms with Gasteiger partial charge in [0, 0.05) is 38.7 Å². The molecule has 0 saturated heterocycles. The zero-order chi connectivity index (χ0) is 25.5. The van der Waals surface area contributed by atoms with Crippen molar-refractivity contribution in [3.8, 4) is 16.9 Å². The van der Waals surface area contributed by atoms with E-state index in [1.807, 2.05) is 73.1 Å². The van der Waals surface area contributed by atoms with Gasteiger partial charge >= 0.3 is 0 Å². The normalized spacial score (nSPS) is 15.2. The van der Waals surface area contributed by atoms with E-state index < -0.39 is 0 Å². The summed E-state index contributed by atoms with van der Waals surface area (Å²) in [6.45, 7) is 0. The molecule has 10 nitrogen and oxygen atoms in total. The minimum Gasteiger partial charge on any atom is -0.497 e. The molecule has 10 heteroatoms. The summed E-state index contributed by atoms with van der Waals surface area (Å²) in [5.41, 5.74) is 3.68. The molecule has 0 fully saturated rings. The average Bonchev–Trinajstić information content (AvgIpc) is 3.51. The number of ether oxygens (including phenoxy) is 1. The van der Waals surface area contributed by atoms with E-state index in [4.69, 9.17) is 4.74 Å². The summed E-state index contributed by atoms with van der Waals surface area (Å²) in [5, 5.41) is 16.5. The third-order valence-corrected chi connectivity index (χ3v) is 6.83. The zero-order valence-electron chi connectivity index (χ0n) is 20.8. The number of hydrogen-bond donors (Lipinski definition) is 1. The standard InChI is InChI=1S/C27H26N8O2/c1-33-25-15-19(18-8-10-28-22(13-18)30-23-9-11-29-34(23)2)14-24-31-32-27(35(24)25)20(16-26(33)36)12-17-4-6-21(37-3)7-5-17/h4-11,13-15,20H,12,16H2,1-3H3,(H,28,30)/t20-/m0/s1. The number of rotatable bonds is 6. The SMILES string of the molecule is COc1ccc(C[C@H]2CC(=O)N(C)c3cc(-c4ccnc(Nc5ccnn5C)c4)cc4nnc2n34)cc1. The molecule has 0 saturated carbocycles. The lowest BCUT2D eigenvalue weighted by molar-refractivity contribution is -0.118. The van der Waals surface area contributed by atoms with Crippen molar-refractivity contribution in [1.82, 2.24) is 29.4 Å². The van der Waals surface area contributed by atoms with Gasteiger partial charge in [-0.25, -0.2) is 4.98 Å². The van der Waals surface area contributed by atoms with Crippen molar-refractivity contribution in [3.63, 3.8) is 0 Å². The molecule has 186 valence electrons. The van der Waals surface area contributed by atoms with Gasteiger partial charge < -0.3 is 15.0 Å². The van der Waals surface area contributed by atoms with E-state index in [0.29, 0.717) is 24.3 Å². The Bertz CT molecular complexity index is 1600. The molecule has 0 spiro atoms. The van der Waals surface area contributed by atoms with E-state index in [-0.39, 0.29) is 11.8 Å². The number of aromatic nitrogens is 6. The number of benzene rings is 1. The van der Waals surface area contributed by atoms with Gasteiger partial charge in [-0.1, -0.05) is 12.1 Å². The number of pyridine rings is 2. The van der Waals surface area contributed by atoms with Crippen LogP contribution in [0.4, 0.5) is 17.5 Å². The molecule has 1 aromatic carbocycles. The number of nitrogens with zero attached hydrogens (tertiary/aromatic N) is 7. The second-order valence-corrected chi connectivity index (χ2v) is 9.15. The summed E-state index contributed by atoms with van der Waals surface area (Å²) < 4.78 is 9.02. The van der Waals surface area contributed by atoms with Crippen LogP contribution in [-0.2, 0) is 18.3 Å². The Labute approximate surface area is 213 Å². The van der Waals surface area contributed by atoms with Crippen molar-refractivity contribution in [1.29, 1.82) is 0 Å². The van der Waals surface area contributed by atoms with Crippen molar-refractivity contribution >= 4 is 29.0 Å². The van der Waals surface area contributed by atoms with Crippen LogP contribution in [0.15, 0.2) is 67.0 Å². The second kappa shape index (κ2) is 9.05. The molecule has 4 aromatic heterocycles. The Kier molecular flexibility index (Phi) is 5.56. The van der Waals surface area contributed by atoms with E-state index in [1.165, 1.54) is 0 Å². The summed E-state index contributed by atoms with van der Waals surface area (Å²) in [7, 11) is 5.32. The van der Waals surface area contributed by atoms with E-state index in [9.17, 15) is 4.79 Å². The van der Waals surface area contributed by atoms with Crippen molar-refractivity contribution in [2.75, 3.05) is 24.4 Å². The van der Waals surface area contributed by atoms with E-state index in [0.717, 1.165) is 39.9 Å². The molecule has 5 aromatic rings. The molecule has 0 unspecified atom stereocenters. The van der Waals surface area contributed by atoms with Crippen molar-refractivity contribution < 1.29 is 9.53 Å². The summed E-state index contributed by atoms with van der Waals surface area (Å²) in [4.78, 5) is 19.4. The molecular formula is C27H26N8O2. The van der Waals surface area contributed by atoms with Gasteiger partial charge in [-0.15, -0.1) is 10.2 Å². The quantitative estimate of drug-likeness (QED) is 0.381. The molecular weight excluding hydrogens is 468 g/mol. The van der Waals surface area contributed by atoms with Gasteiger partial charge in [-0.3, -0.25) is 13.9 Å². The van der Waals surface area contributed by atoms with E-state index in [1.54, 1.807) is 29.1 Å². The highest BCUT2D eigenvalue weighted by Crippen LogP contribution is 2.35. The summed E-state index contributed by atoms with van der Waals surface area (Å²) in [5.74, 6) is 3.81. The summed E-state index contributed by atoms with van der Waals surface area (Å²) in [6, 6.07) is 17.7. The monoisotopic (exact) mass is 494 g/mol. The Morgan fingerprint density at radius 2 is 1.84 bits per heavy atom. The fraction of sp³-hybridized carbons (Fsp3) is 0.222. The molecule has 1 N–H and O–H groups in total. The van der Waals surface area contributed by atoms with Gasteiger partial charge in [0.2, 0.25) is 5.91 Å². The molecule has 5 heterocycles. The smallest absolute Gasteiger partial charge is 0.228 e. The molecule has 0 bridgehead atoms. The Morgan fingerprint density at radius 3 is 2.59 bits per heavy atom. The number of hydrogen-bond acceptors (Lipinski definition) is 7. The maximum Gasteiger partial charge on any atom is 0.228 e. The van der Waals surface area contributed by atoms with Crippen LogP contribution >= 0.6 is 0 Å². The molecule has 6 rings (SSSR count). The fourth-order valence-electron chi connectivity index (χ4n) is 4.78. The Morgan fingerprint density at radius 1 is 1.00 bits per heavy atom. The van der Waals surface area contributed by atoms with Crippen molar-refractivity contribution in [3.05, 3.63) is 78.4 Å². The fourth-order valence-corrected chi connectivity index (χ4v) is 4.78. The van der Waals surface area contributed by atoms with Gasteiger partial charge in [-0.05, 0) is 59.5 Å². The molecule has 1 aliphatic heterocycles. The minimum atomic E-state index is -0.0962. The number of anilines is 3. The van der Waals surface area contributed by atoms with Crippen LogP contribution < -0.4 is 15.0 Å². The molecule has 1 amide bonds. The molecule has 1 aliphatic rings. The third-order valence-electron chi connectivity index (χ3n) is 6.83. The first kappa shape index (κ1) is 22.7. The highest BCUT2D eigenvalue weighted by atomic mass is 16.5. The Hall–Kier alpha value is -4.73. The number of carbonyl (C=O) groups excluding carboxylic acids is 1. The van der Waals surface area contributed by atoms with Crippen LogP contribution in [0.1, 0.15) is 23.7 Å². The summed E-state index contributed by atoms with van der Waals surface area (Å²) >= 11 is 0. The third kappa shape index (κ3) is 4.16. The largest absolute Gasteiger partial charge is 0.497 e. The lowest BCUT2D eigenvalue weighted by Gasteiger charge is -2.18. The van der Waals surface area contributed by atoms with E-state index >= 15 is 0 Å². The topological polar surface area (TPSA) is 102 Å². The highest BCUT2D eigenvalue weighted by molar-refractivity contribution is 5.94. The van der Waals surface area contributed by atoms with Gasteiger partial charge in [0.15, 0.2) is 5.65 Å². The van der Waals surface area contributed by atoms with Crippen LogP contribution in [0.25, 0.3) is 16.8 Å². The minimum absolute atomic E-state index is 0.0377. The first-order valence-electron chi connectivity index (χ1n) is 12.0. The van der Waals surface area contributed by atoms with Crippen molar-refractivity contribution in [2.24, 2.45) is 7.05 Å². The van der Waals surface area contributed by atoms with Crippen LogP contribution in [0.2, 0.25) is 0 Å². The highest BCUT2D eigenvalue weighted by Gasteiger charge is 2.30. The lowest BCUT2D eigenvalue weighted by atomic mass is 9.95. The zero-order valence-corrected chi connectivity index (χ0v) is 20.8. The maximum atomic E-state index is 13.2. The predicted octanol–water partition coefficient (Wildman–Crippen LogP) is 3.97. The van der Waals surface area contributed by atoms with Crippen molar-refractivity contribution in [2.45, 2.75) is 18.8 Å². The van der Waals surface area contributed by atoms with Crippen LogP contribution in [0, 0.1) is 0 Å². The summed E-state index contributed by atoms with van der Waals surface area (Å²) in [6.07, 6.45) is 4.51. The number of carbonyl (C=O) groups is 1. The first-order valence-corrected chi connectivity index (χ1v) is 12.0. The number of aryl methyl sites for hydroxylation is 1. The van der Waals surface area contributed by atoms with Gasteiger partial charge in [0.05, 0.1) is 13.3 Å². The molecule has 0 radical (unpaired) electrons. The van der Waals surface area contributed by atoms with E-state index in [2.05, 4.69) is 25.6 Å².